The number of methoxy groups -OCH3 is 1. The molecule has 21 heavy (non-hydrogen) atoms. The fraction of sp³-hybridized carbons (Fsp3) is 0.235. The van der Waals surface area contributed by atoms with E-state index in [0.717, 1.165) is 22.7 Å². The van der Waals surface area contributed by atoms with Crippen LogP contribution in [-0.4, -0.2) is 19.6 Å². The first kappa shape index (κ1) is 14.9. The maximum atomic E-state index is 11.9. The maximum Gasteiger partial charge on any atom is 0.243 e. The van der Waals surface area contributed by atoms with E-state index >= 15 is 0 Å². The number of hydrogen-bond donors (Lipinski definition) is 2. The molecule has 0 aliphatic rings. The molecule has 1 amide bonds. The molecule has 0 fully saturated rings. The Kier molecular flexibility index (Phi) is 4.82. The minimum Gasteiger partial charge on any atom is -0.496 e. The van der Waals surface area contributed by atoms with Crippen LogP contribution in [0.25, 0.3) is 0 Å². The molecule has 110 valence electrons. The first-order chi connectivity index (χ1) is 10.1. The van der Waals surface area contributed by atoms with E-state index in [2.05, 4.69) is 10.6 Å². The summed E-state index contributed by atoms with van der Waals surface area (Å²) in [5.41, 5.74) is 3.90. The maximum absolute atomic E-state index is 11.9. The van der Waals surface area contributed by atoms with Crippen molar-refractivity contribution in [1.82, 2.24) is 0 Å². The van der Waals surface area contributed by atoms with Crippen molar-refractivity contribution in [2.75, 3.05) is 24.3 Å². The lowest BCUT2D eigenvalue weighted by atomic mass is 10.2. The highest BCUT2D eigenvalue weighted by Gasteiger charge is 2.04. The Balaban J connectivity index is 1.89. The fourth-order valence-electron chi connectivity index (χ4n) is 2.01. The summed E-state index contributed by atoms with van der Waals surface area (Å²) in [6.07, 6.45) is 0. The quantitative estimate of drug-likeness (QED) is 0.885. The molecule has 0 aromatic heterocycles. The van der Waals surface area contributed by atoms with Gasteiger partial charge in [0.2, 0.25) is 5.91 Å². The zero-order chi connectivity index (χ0) is 15.2. The van der Waals surface area contributed by atoms with Gasteiger partial charge in [0.05, 0.1) is 13.7 Å². The SMILES string of the molecule is COc1ccc(NCC(=O)Nc2ccc(C)cc2)cc1C. The molecule has 0 unspecified atom stereocenters. The normalized spacial score (nSPS) is 10.0. The number of hydrogen-bond acceptors (Lipinski definition) is 3. The summed E-state index contributed by atoms with van der Waals surface area (Å²) in [4.78, 5) is 11.9. The minimum absolute atomic E-state index is 0.0766. The Morgan fingerprint density at radius 1 is 1.05 bits per heavy atom. The van der Waals surface area contributed by atoms with Crippen LogP contribution in [0.3, 0.4) is 0 Å². The second-order valence-corrected chi connectivity index (χ2v) is 4.95. The van der Waals surface area contributed by atoms with Crippen LogP contribution < -0.4 is 15.4 Å². The molecule has 0 radical (unpaired) electrons. The molecule has 0 saturated carbocycles. The summed E-state index contributed by atoms with van der Waals surface area (Å²) in [6.45, 7) is 4.20. The molecule has 4 nitrogen and oxygen atoms in total. The van der Waals surface area contributed by atoms with Gasteiger partial charge >= 0.3 is 0 Å². The number of carbonyl (C=O) groups excluding carboxylic acids is 1. The first-order valence-corrected chi connectivity index (χ1v) is 6.83. The number of amides is 1. The molecular weight excluding hydrogens is 264 g/mol. The van der Waals surface area contributed by atoms with Gasteiger partial charge in [0, 0.05) is 11.4 Å². The second-order valence-electron chi connectivity index (χ2n) is 4.95. The van der Waals surface area contributed by atoms with Gasteiger partial charge in [0.25, 0.3) is 0 Å². The van der Waals surface area contributed by atoms with Crippen LogP contribution in [0.2, 0.25) is 0 Å². The average Bonchev–Trinajstić information content (AvgIpc) is 2.48. The minimum atomic E-state index is -0.0766. The number of nitrogens with one attached hydrogen (secondary N) is 2. The predicted molar refractivity (Wildman–Crippen MR) is 86.0 cm³/mol. The molecule has 2 aromatic rings. The van der Waals surface area contributed by atoms with Crippen molar-refractivity contribution in [3.63, 3.8) is 0 Å². The Morgan fingerprint density at radius 2 is 1.71 bits per heavy atom. The van der Waals surface area contributed by atoms with Gasteiger partial charge in [0.1, 0.15) is 5.75 Å². The van der Waals surface area contributed by atoms with Crippen molar-refractivity contribution in [2.24, 2.45) is 0 Å². The fourth-order valence-corrected chi connectivity index (χ4v) is 2.01. The van der Waals surface area contributed by atoms with Gasteiger partial charge in [-0.25, -0.2) is 0 Å². The Hall–Kier alpha value is -2.49. The van der Waals surface area contributed by atoms with E-state index in [1.165, 1.54) is 5.56 Å². The topological polar surface area (TPSA) is 50.4 Å². The lowest BCUT2D eigenvalue weighted by Gasteiger charge is -2.10. The molecule has 0 aliphatic carbocycles. The van der Waals surface area contributed by atoms with E-state index in [1.807, 2.05) is 56.3 Å². The van der Waals surface area contributed by atoms with Crippen LogP contribution in [0.5, 0.6) is 5.75 Å². The highest BCUT2D eigenvalue weighted by atomic mass is 16.5. The Bertz CT molecular complexity index is 621. The molecule has 0 saturated heterocycles. The van der Waals surface area contributed by atoms with Gasteiger partial charge < -0.3 is 15.4 Å². The molecule has 2 rings (SSSR count). The lowest BCUT2D eigenvalue weighted by molar-refractivity contribution is -0.114. The van der Waals surface area contributed by atoms with E-state index in [9.17, 15) is 4.79 Å². The molecule has 0 atom stereocenters. The molecule has 0 spiro atoms. The monoisotopic (exact) mass is 284 g/mol. The predicted octanol–water partition coefficient (Wildman–Crippen LogP) is 3.36. The number of carbonyl (C=O) groups is 1. The number of aryl methyl sites for hydroxylation is 2. The van der Waals surface area contributed by atoms with Crippen LogP contribution in [0.15, 0.2) is 42.5 Å². The number of anilines is 2. The van der Waals surface area contributed by atoms with Crippen LogP contribution in [-0.2, 0) is 4.79 Å². The van der Waals surface area contributed by atoms with Crippen molar-refractivity contribution in [1.29, 1.82) is 0 Å². The second kappa shape index (κ2) is 6.79. The third kappa shape index (κ3) is 4.24. The van der Waals surface area contributed by atoms with Crippen molar-refractivity contribution < 1.29 is 9.53 Å². The summed E-state index contributed by atoms with van der Waals surface area (Å²) < 4.78 is 5.21. The van der Waals surface area contributed by atoms with E-state index in [4.69, 9.17) is 4.74 Å². The smallest absolute Gasteiger partial charge is 0.243 e. The van der Waals surface area contributed by atoms with Crippen molar-refractivity contribution in [3.05, 3.63) is 53.6 Å². The molecule has 2 N–H and O–H groups in total. The summed E-state index contributed by atoms with van der Waals surface area (Å²) in [5, 5.41) is 5.95. The third-order valence-electron chi connectivity index (χ3n) is 3.18. The van der Waals surface area contributed by atoms with Crippen molar-refractivity contribution >= 4 is 17.3 Å². The molecule has 0 aliphatic heterocycles. The Labute approximate surface area is 125 Å². The molecule has 2 aromatic carbocycles. The van der Waals surface area contributed by atoms with Gasteiger partial charge in [-0.3, -0.25) is 4.79 Å². The van der Waals surface area contributed by atoms with Crippen LogP contribution in [0.4, 0.5) is 11.4 Å². The number of benzene rings is 2. The van der Waals surface area contributed by atoms with Gasteiger partial charge in [-0.05, 0) is 49.7 Å². The highest BCUT2D eigenvalue weighted by Crippen LogP contribution is 2.21. The summed E-state index contributed by atoms with van der Waals surface area (Å²) in [7, 11) is 1.64. The summed E-state index contributed by atoms with van der Waals surface area (Å²) in [6, 6.07) is 13.5. The molecule has 4 heteroatoms. The zero-order valence-corrected chi connectivity index (χ0v) is 12.6. The van der Waals surface area contributed by atoms with Crippen molar-refractivity contribution in [3.8, 4) is 5.75 Å². The largest absolute Gasteiger partial charge is 0.496 e. The highest BCUT2D eigenvalue weighted by molar-refractivity contribution is 5.93. The van der Waals surface area contributed by atoms with Crippen LogP contribution in [0, 0.1) is 13.8 Å². The molecule has 0 heterocycles. The average molecular weight is 284 g/mol. The van der Waals surface area contributed by atoms with Gasteiger partial charge in [0.15, 0.2) is 0 Å². The standard InChI is InChI=1S/C17H20N2O2/c1-12-4-6-14(7-5-12)19-17(20)11-18-15-8-9-16(21-3)13(2)10-15/h4-10,18H,11H2,1-3H3,(H,19,20). The summed E-state index contributed by atoms with van der Waals surface area (Å²) >= 11 is 0. The van der Waals surface area contributed by atoms with E-state index in [0.29, 0.717) is 0 Å². The number of ether oxygens (including phenoxy) is 1. The van der Waals surface area contributed by atoms with E-state index in [1.54, 1.807) is 7.11 Å². The van der Waals surface area contributed by atoms with Gasteiger partial charge in [-0.15, -0.1) is 0 Å². The summed E-state index contributed by atoms with van der Waals surface area (Å²) in [5.74, 6) is 0.761. The Morgan fingerprint density at radius 3 is 2.33 bits per heavy atom. The zero-order valence-electron chi connectivity index (χ0n) is 12.6. The third-order valence-corrected chi connectivity index (χ3v) is 3.18. The lowest BCUT2D eigenvalue weighted by Crippen LogP contribution is -2.21. The van der Waals surface area contributed by atoms with Crippen molar-refractivity contribution in [2.45, 2.75) is 13.8 Å². The van der Waals surface area contributed by atoms with E-state index < -0.39 is 0 Å². The van der Waals surface area contributed by atoms with Gasteiger partial charge in [-0.2, -0.15) is 0 Å². The van der Waals surface area contributed by atoms with E-state index in [-0.39, 0.29) is 12.5 Å². The van der Waals surface area contributed by atoms with Gasteiger partial charge in [-0.1, -0.05) is 17.7 Å². The van der Waals surface area contributed by atoms with Crippen LogP contribution in [0.1, 0.15) is 11.1 Å². The van der Waals surface area contributed by atoms with Crippen LogP contribution >= 0.6 is 0 Å². The first-order valence-electron chi connectivity index (χ1n) is 6.83. The molecular formula is C17H20N2O2. The molecule has 0 bridgehead atoms. The number of rotatable bonds is 5.